The number of nitrogens with two attached hydrogens (primary N) is 4. The van der Waals surface area contributed by atoms with E-state index in [2.05, 4.69) is 21.3 Å². The summed E-state index contributed by atoms with van der Waals surface area (Å²) in [6.45, 7) is 8.69. The van der Waals surface area contributed by atoms with Gasteiger partial charge in [-0.15, -0.1) is 49.6 Å². The van der Waals surface area contributed by atoms with E-state index in [9.17, 15) is 43.8 Å². The lowest BCUT2D eigenvalue weighted by atomic mass is 10.1. The molecule has 0 unspecified atom stereocenters. The van der Waals surface area contributed by atoms with Crippen molar-refractivity contribution in [3.63, 3.8) is 0 Å². The van der Waals surface area contributed by atoms with Crippen molar-refractivity contribution in [3.8, 4) is 0 Å². The molecule has 0 aromatic rings. The number of allylic oxidation sites excluding steroid dienone is 6. The quantitative estimate of drug-likeness (QED) is 0.0309. The van der Waals surface area contributed by atoms with Gasteiger partial charge in [-0.3, -0.25) is 33.6 Å². The second-order valence-electron chi connectivity index (χ2n) is 18.0. The van der Waals surface area contributed by atoms with Crippen LogP contribution >= 0.6 is 49.6 Å². The average Bonchev–Trinajstić information content (AvgIpc) is 3.37. The fourth-order valence-electron chi connectivity index (χ4n) is 7.52. The normalized spacial score (nSPS) is 12.5. The number of unbranched alkanes of at least 4 members (excludes halogenated alkanes) is 3. The minimum absolute atomic E-state index is 0. The molecule has 446 valence electrons. The predicted molar refractivity (Wildman–Crippen MR) is 314 cm³/mol. The second-order valence-corrected chi connectivity index (χ2v) is 18.0. The van der Waals surface area contributed by atoms with Crippen LogP contribution in [0, 0.1) is 0 Å². The molecule has 0 aromatic heterocycles. The van der Waals surface area contributed by atoms with Crippen LogP contribution in [-0.4, -0.2) is 169 Å². The minimum atomic E-state index is -1.17. The zero-order chi connectivity index (χ0) is 53.8. The Kier molecular flexibility index (Phi) is 58.6. The highest BCUT2D eigenvalue weighted by Crippen LogP contribution is 2.10. The maximum absolute atomic E-state index is 13.6. The third kappa shape index (κ3) is 40.6. The van der Waals surface area contributed by atoms with Crippen LogP contribution < -0.4 is 44.2 Å². The number of halogens is 4. The zero-order valence-corrected chi connectivity index (χ0v) is 49.2. The summed E-state index contributed by atoms with van der Waals surface area (Å²) >= 11 is 0. The molecule has 0 heterocycles. The van der Waals surface area contributed by atoms with Gasteiger partial charge < -0.3 is 69.1 Å². The summed E-state index contributed by atoms with van der Waals surface area (Å²) in [6, 6.07) is -3.99. The fraction of sp³-hybridized carbons (Fsp3) is 0.750. The van der Waals surface area contributed by atoms with E-state index < -0.39 is 61.0 Å². The van der Waals surface area contributed by atoms with Gasteiger partial charge in [-0.05, 0) is 109 Å². The maximum Gasteiger partial charge on any atom is 0.244 e. The van der Waals surface area contributed by atoms with E-state index in [-0.39, 0.29) is 80.4 Å². The number of aliphatic hydroxyl groups is 2. The molecule has 7 amide bonds. The smallest absolute Gasteiger partial charge is 0.244 e. The Morgan fingerprint density at radius 2 is 0.737 bits per heavy atom. The molecule has 0 saturated carbocycles. The number of nitrogens with zero attached hydrogens (tertiary/aromatic N) is 3. The number of carbonyl (C=O) groups excluding carboxylic acids is 7. The highest BCUT2D eigenvalue weighted by molar-refractivity contribution is 5.90. The highest BCUT2D eigenvalue weighted by atomic mass is 35.5. The largest absolute Gasteiger partial charge is 0.394 e. The van der Waals surface area contributed by atoms with E-state index >= 15 is 0 Å². The Morgan fingerprint density at radius 1 is 0.434 bits per heavy atom. The molecule has 0 aliphatic rings. The monoisotopic (exact) mass is 1160 g/mol. The molecular weight excluding hydrogens is 1060 g/mol. The van der Waals surface area contributed by atoms with Gasteiger partial charge in [-0.2, -0.15) is 0 Å². The van der Waals surface area contributed by atoms with Gasteiger partial charge in [-0.1, -0.05) is 70.1 Å². The SMILES string of the molecule is CC/C=C\CCC(=O)N(CCCCN(CCCN(CCCNC(=O)[C@H](CO)NC(=O)[C@@H](N)CCCCN)C(=O)CC/C=C\CC)C(=O)CC/C=C\CC)CCCNC(=O)[C@H](CO)NC(=O)[C@@H](N)CCCCN.Cl.Cl.Cl.Cl. The van der Waals surface area contributed by atoms with Crippen LogP contribution in [0.3, 0.4) is 0 Å². The van der Waals surface area contributed by atoms with Crippen molar-refractivity contribution in [1.82, 2.24) is 36.0 Å². The molecule has 20 nitrogen and oxygen atoms in total. The Hall–Kier alpha value is -3.57. The van der Waals surface area contributed by atoms with Crippen molar-refractivity contribution in [2.75, 3.05) is 78.7 Å². The first kappa shape index (κ1) is 81.3. The van der Waals surface area contributed by atoms with Gasteiger partial charge in [0.05, 0.1) is 25.3 Å². The average molecular weight is 1170 g/mol. The van der Waals surface area contributed by atoms with E-state index in [1.165, 1.54) is 0 Å². The molecule has 0 rings (SSSR count). The van der Waals surface area contributed by atoms with Gasteiger partial charge in [0, 0.05) is 71.6 Å². The van der Waals surface area contributed by atoms with E-state index in [0.29, 0.717) is 149 Å². The first-order chi connectivity index (χ1) is 34.7. The molecule has 76 heavy (non-hydrogen) atoms. The summed E-state index contributed by atoms with van der Waals surface area (Å²) in [4.78, 5) is 96.8. The van der Waals surface area contributed by atoms with Crippen LogP contribution in [0.25, 0.3) is 0 Å². The lowest BCUT2D eigenvalue weighted by Gasteiger charge is -2.27. The molecule has 4 atom stereocenters. The molecule has 14 N–H and O–H groups in total. The van der Waals surface area contributed by atoms with Gasteiger partial charge in [0.1, 0.15) is 12.1 Å². The molecule has 0 saturated heterocycles. The molecule has 0 bridgehead atoms. The molecule has 0 aliphatic heterocycles. The van der Waals surface area contributed by atoms with Crippen molar-refractivity contribution in [2.24, 2.45) is 22.9 Å². The standard InChI is InChI=1S/C52H97N11O9.4ClH/c1-4-7-10-13-27-46(66)61(36-22-32-57-51(71)44(40-64)59-49(69)42(55)25-16-18-30-53)34-20-21-35-62(47(67)28-14-11-8-5-2)38-24-39-63(48(68)29-15-12-9-6-3)37-23-33-58-52(72)45(41-65)60-50(70)43(56)26-17-19-31-54;;;;/h7-12,42-45,64-65H,4-6,13-41,53-56H2,1-3H3,(H,57,71)(H,58,72)(H,59,69)(H,60,70);4*1H/b10-7-,11-8-,12-9-;;;;/t42-,43-,44-,45-;;;;/m0..../s1. The van der Waals surface area contributed by atoms with Crippen molar-refractivity contribution in [1.29, 1.82) is 0 Å². The number of hydrogen-bond donors (Lipinski definition) is 10. The lowest BCUT2D eigenvalue weighted by Crippen LogP contribution is -2.53. The van der Waals surface area contributed by atoms with E-state index in [0.717, 1.165) is 32.1 Å². The second kappa shape index (κ2) is 54.8. The first-order valence-corrected chi connectivity index (χ1v) is 26.8. The van der Waals surface area contributed by atoms with Gasteiger partial charge in [0.15, 0.2) is 0 Å². The van der Waals surface area contributed by atoms with E-state index in [1.54, 1.807) is 9.80 Å². The summed E-state index contributed by atoms with van der Waals surface area (Å²) in [6.07, 6.45) is 23.6. The Bertz CT molecular complexity index is 1620. The first-order valence-electron chi connectivity index (χ1n) is 26.8. The topological polar surface area (TPSA) is 322 Å². The van der Waals surface area contributed by atoms with Crippen molar-refractivity contribution < 1.29 is 43.8 Å². The highest BCUT2D eigenvalue weighted by Gasteiger charge is 2.25. The third-order valence-corrected chi connectivity index (χ3v) is 11.9. The van der Waals surface area contributed by atoms with Crippen molar-refractivity contribution in [3.05, 3.63) is 36.5 Å². The van der Waals surface area contributed by atoms with Crippen molar-refractivity contribution in [2.45, 2.75) is 173 Å². The molecule has 0 aliphatic carbocycles. The van der Waals surface area contributed by atoms with Crippen LogP contribution in [0.2, 0.25) is 0 Å². The van der Waals surface area contributed by atoms with Crippen LogP contribution in [0.5, 0.6) is 0 Å². The number of carbonyl (C=O) groups is 7. The molecule has 0 radical (unpaired) electrons. The molecule has 0 fully saturated rings. The van der Waals surface area contributed by atoms with Gasteiger partial charge in [0.25, 0.3) is 0 Å². The number of rotatable bonds is 45. The van der Waals surface area contributed by atoms with Crippen LogP contribution in [-0.2, 0) is 33.6 Å². The Labute approximate surface area is 479 Å². The summed E-state index contributed by atoms with van der Waals surface area (Å²) < 4.78 is 0. The maximum atomic E-state index is 13.6. The number of nitrogens with one attached hydrogen (secondary N) is 4. The Balaban J connectivity index is -0.00000420. The Morgan fingerprint density at radius 3 is 1.03 bits per heavy atom. The van der Waals surface area contributed by atoms with Gasteiger partial charge in [0.2, 0.25) is 41.4 Å². The van der Waals surface area contributed by atoms with Crippen LogP contribution in [0.15, 0.2) is 36.5 Å². The number of amides is 7. The molecule has 24 heteroatoms. The van der Waals surface area contributed by atoms with Gasteiger partial charge in [-0.25, -0.2) is 0 Å². The zero-order valence-electron chi connectivity index (χ0n) is 45.9. The summed E-state index contributed by atoms with van der Waals surface area (Å²) in [5.41, 5.74) is 23.0. The summed E-state index contributed by atoms with van der Waals surface area (Å²) in [7, 11) is 0. The van der Waals surface area contributed by atoms with E-state index in [1.807, 2.05) is 62.1 Å². The fourth-order valence-corrected chi connectivity index (χ4v) is 7.52. The van der Waals surface area contributed by atoms with Crippen LogP contribution in [0.1, 0.15) is 149 Å². The number of hydrogen-bond acceptors (Lipinski definition) is 13. The summed E-state index contributed by atoms with van der Waals surface area (Å²) in [5, 5.41) is 30.2. The number of aliphatic hydroxyl groups excluding tert-OH is 2. The summed E-state index contributed by atoms with van der Waals surface area (Å²) in [5.74, 6) is -2.24. The van der Waals surface area contributed by atoms with Gasteiger partial charge >= 0.3 is 0 Å². The third-order valence-electron chi connectivity index (χ3n) is 11.9. The minimum Gasteiger partial charge on any atom is -0.394 e. The van der Waals surface area contributed by atoms with E-state index in [4.69, 9.17) is 22.9 Å². The molecule has 0 spiro atoms. The predicted octanol–water partition coefficient (Wildman–Crippen LogP) is 3.45. The molecular formula is C52H101Cl4N11O9. The van der Waals surface area contributed by atoms with Crippen molar-refractivity contribution >= 4 is 91.0 Å². The lowest BCUT2D eigenvalue weighted by molar-refractivity contribution is -0.133. The van der Waals surface area contributed by atoms with Crippen LogP contribution in [0.4, 0.5) is 0 Å². The molecule has 0 aromatic carbocycles.